The quantitative estimate of drug-likeness (QED) is 0.154. The molecule has 0 spiro atoms. The Labute approximate surface area is 551 Å². The third-order valence-corrected chi connectivity index (χ3v) is 19.3. The molecule has 0 saturated carbocycles. The maximum Gasteiger partial charge on any atom is 0.164 e. The molecule has 2 heterocycles. The van der Waals surface area contributed by atoms with E-state index in [0.717, 1.165) is 76.5 Å². The van der Waals surface area contributed by atoms with E-state index in [9.17, 15) is 0 Å². The highest BCUT2D eigenvalue weighted by Gasteiger charge is 2.23. The van der Waals surface area contributed by atoms with E-state index in [1.54, 1.807) is 0 Å². The van der Waals surface area contributed by atoms with Gasteiger partial charge in [0, 0.05) is 33.4 Å². The van der Waals surface area contributed by atoms with Gasteiger partial charge in [0.1, 0.15) is 0 Å². The van der Waals surface area contributed by atoms with E-state index in [2.05, 4.69) is 328 Å². The van der Waals surface area contributed by atoms with Crippen LogP contribution in [0, 0.1) is 0 Å². The Hall–Kier alpha value is -12.9. The van der Waals surface area contributed by atoms with Crippen molar-refractivity contribution in [3.05, 3.63) is 328 Å². The molecule has 0 aliphatic rings. The molecule has 0 radical (unpaired) electrons. The molecule has 0 bridgehead atoms. The molecule has 2 aromatic heterocycles. The van der Waals surface area contributed by atoms with E-state index in [-0.39, 0.29) is 0 Å². The molecule has 0 N–H and O–H groups in total. The van der Waals surface area contributed by atoms with Crippen LogP contribution in [0.5, 0.6) is 0 Å². The number of rotatable bonds is 6. The first-order chi connectivity index (χ1) is 47.6. The fourth-order valence-electron chi connectivity index (χ4n) is 14.9. The smallest absolute Gasteiger partial charge is 0.164 e. The lowest BCUT2D eigenvalue weighted by molar-refractivity contribution is 1.08. The minimum absolute atomic E-state index is 0.654. The number of nitrogens with zero attached hydrogens (tertiary/aromatic N) is 6. The molecule has 0 unspecified atom stereocenters. The van der Waals surface area contributed by atoms with E-state index in [4.69, 9.17) is 29.9 Å². The fraction of sp³-hybridized carbons (Fsp3) is 0. The predicted octanol–water partition coefficient (Wildman–Crippen LogP) is 23.6. The zero-order valence-electron chi connectivity index (χ0n) is 51.9. The lowest BCUT2D eigenvalue weighted by Crippen LogP contribution is -2.01. The van der Waals surface area contributed by atoms with Gasteiger partial charge in [0.15, 0.2) is 34.9 Å². The number of fused-ring (bicyclic) bond motifs is 20. The van der Waals surface area contributed by atoms with Crippen LogP contribution in [0.25, 0.3) is 198 Å². The summed E-state index contributed by atoms with van der Waals surface area (Å²) in [5, 5.41) is 28.6. The lowest BCUT2D eigenvalue weighted by Gasteiger charge is -2.16. The minimum Gasteiger partial charge on any atom is -0.208 e. The second-order valence-corrected chi connectivity index (χ2v) is 24.8. The zero-order valence-corrected chi connectivity index (χ0v) is 51.9. The summed E-state index contributed by atoms with van der Waals surface area (Å²) < 4.78 is 0. The van der Waals surface area contributed by atoms with Gasteiger partial charge in [-0.1, -0.05) is 303 Å². The Kier molecular flexibility index (Phi) is 12.8. The third kappa shape index (κ3) is 9.10. The highest BCUT2D eigenvalue weighted by atomic mass is 15.0. The Bertz CT molecular complexity index is 6410. The summed E-state index contributed by atoms with van der Waals surface area (Å²) in [7, 11) is 0. The second-order valence-electron chi connectivity index (χ2n) is 24.8. The van der Waals surface area contributed by atoms with Crippen molar-refractivity contribution in [2.45, 2.75) is 0 Å². The SMILES string of the molecule is c1ccc2c(-c3nc(-c4cccc5ccccc45)nc(-c4cc5c6ccccc6c6ccccc6c5c5ccccc45)n3)cccc2c1.c1ccc2cc(-c3nc(-c4ccc5ccccc5c4)nc(-c4cc5c6ccccc6c6ccccc6c5c5ccccc45)n3)ccc2c1. The van der Waals surface area contributed by atoms with Crippen LogP contribution in [0.2, 0.25) is 0 Å². The van der Waals surface area contributed by atoms with Gasteiger partial charge in [-0.15, -0.1) is 0 Å². The van der Waals surface area contributed by atoms with Crippen LogP contribution in [0.1, 0.15) is 0 Å². The van der Waals surface area contributed by atoms with Gasteiger partial charge in [-0.3, -0.25) is 0 Å². The summed E-state index contributed by atoms with van der Waals surface area (Å²) in [5.74, 6) is 3.94. The highest BCUT2D eigenvalue weighted by Crippen LogP contribution is 2.46. The Balaban J connectivity index is 0.000000135. The summed E-state index contributed by atoms with van der Waals surface area (Å²) in [6.45, 7) is 0. The molecule has 6 nitrogen and oxygen atoms in total. The lowest BCUT2D eigenvalue weighted by atomic mass is 9.89. The van der Waals surface area contributed by atoms with Gasteiger partial charge in [0.05, 0.1) is 0 Å². The molecule has 0 atom stereocenters. The molecule has 0 fully saturated rings. The normalized spacial score (nSPS) is 11.8. The minimum atomic E-state index is 0.654. The Morgan fingerprint density at radius 3 is 0.771 bits per heavy atom. The average molecular weight is 1220 g/mol. The molecule has 0 aliphatic carbocycles. The van der Waals surface area contributed by atoms with E-state index >= 15 is 0 Å². The average Bonchev–Trinajstić information content (AvgIpc) is 0.728. The largest absolute Gasteiger partial charge is 0.208 e. The van der Waals surface area contributed by atoms with E-state index < -0.39 is 0 Å². The predicted molar refractivity (Wildman–Crippen MR) is 402 cm³/mol. The first-order valence-corrected chi connectivity index (χ1v) is 32.6. The van der Waals surface area contributed by atoms with Crippen LogP contribution in [0.15, 0.2) is 328 Å². The summed E-state index contributed by atoms with van der Waals surface area (Å²) in [6.07, 6.45) is 0. The van der Waals surface area contributed by atoms with Crippen molar-refractivity contribution in [3.8, 4) is 68.3 Å². The van der Waals surface area contributed by atoms with E-state index in [1.807, 2.05) is 0 Å². The number of hydrogen-bond acceptors (Lipinski definition) is 6. The van der Waals surface area contributed by atoms with Gasteiger partial charge in [-0.2, -0.15) is 0 Å². The van der Waals surface area contributed by atoms with E-state index in [1.165, 1.54) is 86.2 Å². The Morgan fingerprint density at radius 1 is 0.135 bits per heavy atom. The molecule has 0 amide bonds. The monoisotopic (exact) mass is 1220 g/mol. The summed E-state index contributed by atoms with van der Waals surface area (Å²) in [6, 6.07) is 116. The standard InChI is InChI=1S/2C45H27N3/c1-3-17-30-28(13-1)15-11-25-38(30)43-46-44(39-26-12-16-29-14-2-4-18-31(29)39)48-45(47-43)41-27-40-34-21-6-5-19-32(34)33-20-7-9-23-36(33)42(40)37-24-10-8-22-35(37)41;1-3-13-30-25-32(23-21-28(30)11-1)43-46-44(33-24-22-29-12-2-4-14-31(29)26-33)48-45(47-43)41-27-40-36-17-6-5-15-34(36)35-16-7-9-19-38(35)42(40)39-20-10-8-18-37(39)41/h2*1-27H. The molecule has 0 saturated heterocycles. The van der Waals surface area contributed by atoms with Crippen molar-refractivity contribution >= 4 is 129 Å². The zero-order chi connectivity index (χ0) is 63.2. The van der Waals surface area contributed by atoms with Gasteiger partial charge in [-0.05, 0) is 154 Å². The topological polar surface area (TPSA) is 77.3 Å². The van der Waals surface area contributed by atoms with Crippen molar-refractivity contribution in [3.63, 3.8) is 0 Å². The van der Waals surface area contributed by atoms with Gasteiger partial charge in [0.2, 0.25) is 0 Å². The van der Waals surface area contributed by atoms with Crippen LogP contribution in [-0.4, -0.2) is 29.9 Å². The molecule has 20 aromatic rings. The van der Waals surface area contributed by atoms with Crippen molar-refractivity contribution in [1.82, 2.24) is 29.9 Å². The molecule has 6 heteroatoms. The Morgan fingerprint density at radius 2 is 0.385 bits per heavy atom. The van der Waals surface area contributed by atoms with Crippen LogP contribution in [0.3, 0.4) is 0 Å². The fourth-order valence-corrected chi connectivity index (χ4v) is 14.9. The third-order valence-electron chi connectivity index (χ3n) is 19.3. The van der Waals surface area contributed by atoms with Gasteiger partial charge < -0.3 is 0 Å². The highest BCUT2D eigenvalue weighted by molar-refractivity contribution is 6.34. The molecule has 0 aliphatic heterocycles. The van der Waals surface area contributed by atoms with Gasteiger partial charge >= 0.3 is 0 Å². The number of hydrogen-bond donors (Lipinski definition) is 0. The molecule has 20 rings (SSSR count). The maximum atomic E-state index is 5.31. The van der Waals surface area contributed by atoms with Crippen LogP contribution >= 0.6 is 0 Å². The summed E-state index contributed by atoms with van der Waals surface area (Å²) >= 11 is 0. The second kappa shape index (κ2) is 22.4. The molecule has 444 valence electrons. The maximum absolute atomic E-state index is 5.31. The van der Waals surface area contributed by atoms with Crippen molar-refractivity contribution in [2.24, 2.45) is 0 Å². The molecule has 18 aromatic carbocycles. The first kappa shape index (κ1) is 54.8. The van der Waals surface area contributed by atoms with Crippen molar-refractivity contribution < 1.29 is 0 Å². The molecule has 96 heavy (non-hydrogen) atoms. The summed E-state index contributed by atoms with van der Waals surface area (Å²) in [4.78, 5) is 31.4. The van der Waals surface area contributed by atoms with Gasteiger partial charge in [0.25, 0.3) is 0 Å². The van der Waals surface area contributed by atoms with Crippen molar-refractivity contribution in [2.75, 3.05) is 0 Å². The van der Waals surface area contributed by atoms with Gasteiger partial charge in [-0.25, -0.2) is 29.9 Å². The number of benzene rings is 18. The summed E-state index contributed by atoms with van der Waals surface area (Å²) in [5.41, 5.74) is 5.87. The van der Waals surface area contributed by atoms with Crippen molar-refractivity contribution in [1.29, 1.82) is 0 Å². The first-order valence-electron chi connectivity index (χ1n) is 32.6. The molecular formula is C90H54N6. The van der Waals surface area contributed by atoms with Crippen LogP contribution < -0.4 is 0 Å². The van der Waals surface area contributed by atoms with E-state index in [0.29, 0.717) is 34.9 Å². The number of aromatic nitrogens is 6. The van der Waals surface area contributed by atoms with Crippen LogP contribution in [-0.2, 0) is 0 Å². The van der Waals surface area contributed by atoms with Crippen LogP contribution in [0.4, 0.5) is 0 Å². The molecular weight excluding hydrogens is 1170 g/mol.